The molecule has 0 saturated heterocycles. The summed E-state index contributed by atoms with van der Waals surface area (Å²) >= 11 is 0. The molecule has 0 radical (unpaired) electrons. The Morgan fingerprint density at radius 3 is 2.71 bits per heavy atom. The van der Waals surface area contributed by atoms with Crippen LogP contribution in [-0.2, 0) is 16.0 Å². The fourth-order valence-electron chi connectivity index (χ4n) is 3.47. The van der Waals surface area contributed by atoms with Crippen LogP contribution in [0.25, 0.3) is 10.9 Å². The van der Waals surface area contributed by atoms with E-state index >= 15 is 0 Å². The van der Waals surface area contributed by atoms with E-state index in [-0.39, 0.29) is 24.2 Å². The van der Waals surface area contributed by atoms with Crippen molar-refractivity contribution in [2.75, 3.05) is 5.32 Å². The molecule has 0 fully saturated rings. The molecule has 7 heteroatoms. The van der Waals surface area contributed by atoms with E-state index in [9.17, 15) is 14.4 Å². The SMILES string of the molecule is O=C(CCC1Cc2ccccc2NC1=O)NNC(=O)c1c[nH]c2ccccc12. The first kappa shape index (κ1) is 17.8. The van der Waals surface area contributed by atoms with Crippen LogP contribution in [0.3, 0.4) is 0 Å². The minimum atomic E-state index is -0.393. The largest absolute Gasteiger partial charge is 0.360 e. The van der Waals surface area contributed by atoms with Crippen molar-refractivity contribution in [1.82, 2.24) is 15.8 Å². The summed E-state index contributed by atoms with van der Waals surface area (Å²) in [5.41, 5.74) is 8.07. The molecule has 0 saturated carbocycles. The number of carbonyl (C=O) groups is 3. The number of fused-ring (bicyclic) bond motifs is 2. The lowest BCUT2D eigenvalue weighted by Gasteiger charge is -2.24. The molecule has 3 aromatic rings. The van der Waals surface area contributed by atoms with Gasteiger partial charge in [0.15, 0.2) is 0 Å². The summed E-state index contributed by atoms with van der Waals surface area (Å²) in [7, 11) is 0. The molecule has 1 aromatic heterocycles. The summed E-state index contributed by atoms with van der Waals surface area (Å²) < 4.78 is 0. The second-order valence-corrected chi connectivity index (χ2v) is 6.84. The van der Waals surface area contributed by atoms with Gasteiger partial charge in [-0.1, -0.05) is 36.4 Å². The Bertz CT molecular complexity index is 1060. The lowest BCUT2D eigenvalue weighted by molar-refractivity contribution is -0.123. The van der Waals surface area contributed by atoms with Crippen molar-refractivity contribution in [3.8, 4) is 0 Å². The summed E-state index contributed by atoms with van der Waals surface area (Å²) in [4.78, 5) is 39.6. The number of para-hydroxylation sites is 2. The van der Waals surface area contributed by atoms with E-state index in [1.54, 1.807) is 6.20 Å². The van der Waals surface area contributed by atoms with Crippen molar-refractivity contribution in [1.29, 1.82) is 0 Å². The summed E-state index contributed by atoms with van der Waals surface area (Å²) in [6, 6.07) is 15.1. The molecule has 2 aromatic carbocycles. The van der Waals surface area contributed by atoms with Crippen LogP contribution >= 0.6 is 0 Å². The van der Waals surface area contributed by atoms with Gasteiger partial charge in [0.05, 0.1) is 5.56 Å². The van der Waals surface area contributed by atoms with Gasteiger partial charge in [0, 0.05) is 35.1 Å². The van der Waals surface area contributed by atoms with E-state index < -0.39 is 5.91 Å². The number of hydrogen-bond acceptors (Lipinski definition) is 3. The van der Waals surface area contributed by atoms with Crippen molar-refractivity contribution in [3.63, 3.8) is 0 Å². The summed E-state index contributed by atoms with van der Waals surface area (Å²) in [5, 5.41) is 3.66. The average molecular weight is 376 g/mol. The molecule has 1 aliphatic rings. The van der Waals surface area contributed by atoms with Crippen molar-refractivity contribution in [2.45, 2.75) is 19.3 Å². The number of aromatic amines is 1. The number of anilines is 1. The molecule has 2 heterocycles. The lowest BCUT2D eigenvalue weighted by atomic mass is 9.89. The van der Waals surface area contributed by atoms with Gasteiger partial charge < -0.3 is 10.3 Å². The number of hydrogen-bond donors (Lipinski definition) is 4. The predicted molar refractivity (Wildman–Crippen MR) is 105 cm³/mol. The highest BCUT2D eigenvalue weighted by molar-refractivity contribution is 6.07. The van der Waals surface area contributed by atoms with E-state index in [0.717, 1.165) is 22.2 Å². The predicted octanol–water partition coefficient (Wildman–Crippen LogP) is 2.52. The monoisotopic (exact) mass is 376 g/mol. The second-order valence-electron chi connectivity index (χ2n) is 6.84. The molecule has 0 bridgehead atoms. The first-order valence-corrected chi connectivity index (χ1v) is 9.16. The van der Waals surface area contributed by atoms with Crippen LogP contribution in [0.4, 0.5) is 5.69 Å². The maximum Gasteiger partial charge on any atom is 0.271 e. The highest BCUT2D eigenvalue weighted by Crippen LogP contribution is 2.27. The van der Waals surface area contributed by atoms with Crippen LogP contribution in [-0.4, -0.2) is 22.7 Å². The lowest BCUT2D eigenvalue weighted by Crippen LogP contribution is -2.42. The van der Waals surface area contributed by atoms with Crippen LogP contribution < -0.4 is 16.2 Å². The number of hydrazine groups is 1. The summed E-state index contributed by atoms with van der Waals surface area (Å²) in [6.07, 6.45) is 2.77. The van der Waals surface area contributed by atoms with Gasteiger partial charge in [-0.05, 0) is 30.5 Å². The topological polar surface area (TPSA) is 103 Å². The van der Waals surface area contributed by atoms with Gasteiger partial charge in [-0.2, -0.15) is 0 Å². The number of rotatable bonds is 4. The van der Waals surface area contributed by atoms with Crippen LogP contribution in [0.2, 0.25) is 0 Å². The Hall–Kier alpha value is -3.61. The number of nitrogens with one attached hydrogen (secondary N) is 4. The number of amides is 3. The Labute approximate surface area is 161 Å². The van der Waals surface area contributed by atoms with Crippen LogP contribution in [0, 0.1) is 5.92 Å². The van der Waals surface area contributed by atoms with Crippen molar-refractivity contribution < 1.29 is 14.4 Å². The molecule has 1 atom stereocenters. The van der Waals surface area contributed by atoms with Crippen molar-refractivity contribution in [2.24, 2.45) is 5.92 Å². The Morgan fingerprint density at radius 1 is 1.04 bits per heavy atom. The van der Waals surface area contributed by atoms with Crippen molar-refractivity contribution in [3.05, 3.63) is 65.9 Å². The number of benzene rings is 2. The molecule has 3 amide bonds. The zero-order valence-electron chi connectivity index (χ0n) is 15.1. The van der Waals surface area contributed by atoms with Crippen LogP contribution in [0.15, 0.2) is 54.7 Å². The molecule has 142 valence electrons. The highest BCUT2D eigenvalue weighted by atomic mass is 16.2. The third kappa shape index (κ3) is 3.59. The third-order valence-corrected chi connectivity index (χ3v) is 4.98. The fourth-order valence-corrected chi connectivity index (χ4v) is 3.47. The molecule has 1 unspecified atom stereocenters. The molecule has 0 aliphatic carbocycles. The fraction of sp³-hybridized carbons (Fsp3) is 0.190. The van der Waals surface area contributed by atoms with E-state index in [1.165, 1.54) is 0 Å². The smallest absolute Gasteiger partial charge is 0.271 e. The van der Waals surface area contributed by atoms with Gasteiger partial charge >= 0.3 is 0 Å². The standard InChI is InChI=1S/C21H20N4O3/c26-19(10-9-14-11-13-5-1-3-7-17(13)23-20(14)27)24-25-21(28)16-12-22-18-8-4-2-6-15(16)18/h1-8,12,14,22H,9-11H2,(H,23,27)(H,24,26)(H,25,28). The maximum atomic E-state index is 12.3. The molecular weight excluding hydrogens is 356 g/mol. The van der Waals surface area contributed by atoms with E-state index in [2.05, 4.69) is 21.2 Å². The van der Waals surface area contributed by atoms with Gasteiger partial charge in [-0.25, -0.2) is 0 Å². The molecule has 1 aliphatic heterocycles. The first-order valence-electron chi connectivity index (χ1n) is 9.16. The minimum absolute atomic E-state index is 0.0747. The Balaban J connectivity index is 1.29. The zero-order valence-corrected chi connectivity index (χ0v) is 15.1. The number of aromatic nitrogens is 1. The van der Waals surface area contributed by atoms with Gasteiger partial charge in [0.2, 0.25) is 11.8 Å². The molecule has 4 N–H and O–H groups in total. The summed E-state index contributed by atoms with van der Waals surface area (Å²) in [5.74, 6) is -1.06. The van der Waals surface area contributed by atoms with Crippen LogP contribution in [0.5, 0.6) is 0 Å². The van der Waals surface area contributed by atoms with Crippen molar-refractivity contribution >= 4 is 34.3 Å². The highest BCUT2D eigenvalue weighted by Gasteiger charge is 2.26. The van der Waals surface area contributed by atoms with Gasteiger partial charge in [-0.15, -0.1) is 0 Å². The number of carbonyl (C=O) groups excluding carboxylic acids is 3. The normalized spacial score (nSPS) is 15.6. The summed E-state index contributed by atoms with van der Waals surface area (Å²) in [6.45, 7) is 0. The third-order valence-electron chi connectivity index (χ3n) is 4.98. The quantitative estimate of drug-likeness (QED) is 0.526. The zero-order chi connectivity index (χ0) is 19.5. The van der Waals surface area contributed by atoms with E-state index in [4.69, 9.17) is 0 Å². The second kappa shape index (κ2) is 7.56. The van der Waals surface area contributed by atoms with E-state index in [1.807, 2.05) is 48.5 Å². The van der Waals surface area contributed by atoms with Gasteiger partial charge in [-0.3, -0.25) is 25.2 Å². The molecular formula is C21H20N4O3. The van der Waals surface area contributed by atoms with E-state index in [0.29, 0.717) is 18.4 Å². The van der Waals surface area contributed by atoms with Gasteiger partial charge in [0.25, 0.3) is 5.91 Å². The molecule has 4 rings (SSSR count). The molecule has 0 spiro atoms. The molecule has 28 heavy (non-hydrogen) atoms. The van der Waals surface area contributed by atoms with Crippen LogP contribution in [0.1, 0.15) is 28.8 Å². The Kier molecular flexibility index (Phi) is 4.80. The average Bonchev–Trinajstić information content (AvgIpc) is 3.14. The first-order chi connectivity index (χ1) is 13.6. The van der Waals surface area contributed by atoms with Gasteiger partial charge in [0.1, 0.15) is 0 Å². The number of H-pyrrole nitrogens is 1. The Morgan fingerprint density at radius 2 is 1.82 bits per heavy atom. The minimum Gasteiger partial charge on any atom is -0.360 e. The maximum absolute atomic E-state index is 12.3. The molecule has 7 nitrogen and oxygen atoms in total.